The van der Waals surface area contributed by atoms with Crippen LogP contribution in [0.3, 0.4) is 0 Å². The topological polar surface area (TPSA) is 93.3 Å². The first-order valence-corrected chi connectivity index (χ1v) is 10.6. The van der Waals surface area contributed by atoms with Crippen LogP contribution in [0, 0.1) is 17.2 Å². The molecule has 6 heteroatoms. The predicted molar refractivity (Wildman–Crippen MR) is 99.8 cm³/mol. The second-order valence-corrected chi connectivity index (χ2v) is 8.52. The minimum Gasteiger partial charge on any atom is -0.392 e. The molecule has 0 aliphatic heterocycles. The zero-order chi connectivity index (χ0) is 18.2. The predicted octanol–water partition coefficient (Wildman–Crippen LogP) is 3.38. The molecule has 1 saturated carbocycles. The van der Waals surface area contributed by atoms with Gasteiger partial charge in [0, 0.05) is 18.2 Å². The Morgan fingerprint density at radius 2 is 2.08 bits per heavy atom. The van der Waals surface area contributed by atoms with Gasteiger partial charge in [0.05, 0.1) is 17.7 Å². The monoisotopic (exact) mass is 364 g/mol. The van der Waals surface area contributed by atoms with Crippen molar-refractivity contribution in [3.63, 3.8) is 0 Å². The SMILES string of the molecule is C[C@@H](NC[C@@H](O)CC(C1CCCCC1)[PH](=O)O)c1cccc(C#N)c1. The molecule has 0 aromatic heterocycles. The largest absolute Gasteiger partial charge is 0.392 e. The van der Waals surface area contributed by atoms with Crippen LogP contribution >= 0.6 is 8.03 Å². The molecule has 1 aromatic carbocycles. The Morgan fingerprint density at radius 1 is 1.36 bits per heavy atom. The van der Waals surface area contributed by atoms with Crippen molar-refractivity contribution in [1.29, 1.82) is 5.26 Å². The second kappa shape index (κ2) is 10.1. The van der Waals surface area contributed by atoms with Crippen LogP contribution < -0.4 is 5.32 Å². The number of nitrogens with zero attached hydrogens (tertiary/aromatic N) is 1. The number of nitriles is 1. The fourth-order valence-corrected chi connectivity index (χ4v) is 4.93. The van der Waals surface area contributed by atoms with Gasteiger partial charge in [-0.15, -0.1) is 0 Å². The molecule has 2 rings (SSSR count). The lowest BCUT2D eigenvalue weighted by molar-refractivity contribution is 0.144. The van der Waals surface area contributed by atoms with Crippen LogP contribution in [0.2, 0.25) is 0 Å². The van der Waals surface area contributed by atoms with E-state index in [0.717, 1.165) is 31.2 Å². The Morgan fingerprint density at radius 3 is 2.72 bits per heavy atom. The molecule has 1 aliphatic carbocycles. The van der Waals surface area contributed by atoms with E-state index in [1.165, 1.54) is 6.42 Å². The average Bonchev–Trinajstić information content (AvgIpc) is 2.64. The van der Waals surface area contributed by atoms with Crippen LogP contribution in [0.1, 0.15) is 62.6 Å². The zero-order valence-electron chi connectivity index (χ0n) is 14.8. The average molecular weight is 364 g/mol. The maximum atomic E-state index is 11.8. The van der Waals surface area contributed by atoms with E-state index < -0.39 is 14.1 Å². The van der Waals surface area contributed by atoms with Gasteiger partial charge in [-0.25, -0.2) is 0 Å². The van der Waals surface area contributed by atoms with Crippen LogP contribution in [0.4, 0.5) is 0 Å². The molecule has 0 heterocycles. The molecule has 1 aromatic rings. The van der Waals surface area contributed by atoms with Crippen molar-refractivity contribution >= 4 is 8.03 Å². The molecule has 1 aliphatic rings. The van der Waals surface area contributed by atoms with Gasteiger partial charge in [-0.05, 0) is 49.8 Å². The third kappa shape index (κ3) is 6.24. The molecule has 5 nitrogen and oxygen atoms in total. The van der Waals surface area contributed by atoms with E-state index in [1.54, 1.807) is 6.07 Å². The van der Waals surface area contributed by atoms with Gasteiger partial charge in [0.1, 0.15) is 0 Å². The number of hydrogen-bond donors (Lipinski definition) is 3. The summed E-state index contributed by atoms with van der Waals surface area (Å²) in [5, 5.41) is 22.6. The summed E-state index contributed by atoms with van der Waals surface area (Å²) < 4.78 is 11.8. The van der Waals surface area contributed by atoms with Gasteiger partial charge < -0.3 is 15.3 Å². The van der Waals surface area contributed by atoms with Crippen LogP contribution in [0.5, 0.6) is 0 Å². The molecule has 25 heavy (non-hydrogen) atoms. The summed E-state index contributed by atoms with van der Waals surface area (Å²) >= 11 is 0. The number of benzene rings is 1. The molecule has 4 atom stereocenters. The third-order valence-electron chi connectivity index (χ3n) is 5.24. The number of nitrogens with one attached hydrogen (secondary N) is 1. The number of aliphatic hydroxyl groups excluding tert-OH is 1. The molecule has 1 fully saturated rings. The van der Waals surface area contributed by atoms with Crippen molar-refractivity contribution in [2.75, 3.05) is 6.54 Å². The highest BCUT2D eigenvalue weighted by Crippen LogP contribution is 2.40. The van der Waals surface area contributed by atoms with Crippen molar-refractivity contribution in [3.8, 4) is 6.07 Å². The first-order chi connectivity index (χ1) is 12.0. The summed E-state index contributed by atoms with van der Waals surface area (Å²) in [6.45, 7) is 2.35. The molecular formula is C19H29N2O3P. The first-order valence-electron chi connectivity index (χ1n) is 9.15. The Kier molecular flexibility index (Phi) is 8.12. The van der Waals surface area contributed by atoms with Crippen LogP contribution in [-0.2, 0) is 4.57 Å². The molecule has 0 amide bonds. The van der Waals surface area contributed by atoms with Crippen molar-refractivity contribution in [1.82, 2.24) is 5.32 Å². The highest BCUT2D eigenvalue weighted by atomic mass is 31.1. The smallest absolute Gasteiger partial charge is 0.192 e. The maximum Gasteiger partial charge on any atom is 0.192 e. The fourth-order valence-electron chi connectivity index (χ4n) is 3.72. The van der Waals surface area contributed by atoms with Crippen molar-refractivity contribution in [2.45, 2.75) is 63.3 Å². The highest BCUT2D eigenvalue weighted by molar-refractivity contribution is 7.38. The summed E-state index contributed by atoms with van der Waals surface area (Å²) in [4.78, 5) is 9.71. The van der Waals surface area contributed by atoms with Crippen molar-refractivity contribution in [2.24, 2.45) is 5.92 Å². The summed E-state index contributed by atoms with van der Waals surface area (Å²) in [5.41, 5.74) is 1.33. The van der Waals surface area contributed by atoms with Gasteiger partial charge >= 0.3 is 0 Å². The quantitative estimate of drug-likeness (QED) is 0.615. The Hall–Kier alpha value is -1.18. The number of hydrogen-bond acceptors (Lipinski definition) is 4. The van der Waals surface area contributed by atoms with Crippen molar-refractivity contribution in [3.05, 3.63) is 35.4 Å². The van der Waals surface area contributed by atoms with E-state index in [2.05, 4.69) is 11.4 Å². The molecule has 0 saturated heterocycles. The highest BCUT2D eigenvalue weighted by Gasteiger charge is 2.29. The van der Waals surface area contributed by atoms with E-state index in [0.29, 0.717) is 18.5 Å². The van der Waals surface area contributed by atoms with E-state index >= 15 is 0 Å². The summed E-state index contributed by atoms with van der Waals surface area (Å²) in [5.74, 6) is 0.268. The first kappa shape index (κ1) is 20.1. The molecule has 0 bridgehead atoms. The number of rotatable bonds is 8. The lowest BCUT2D eigenvalue weighted by Crippen LogP contribution is -2.33. The fraction of sp³-hybridized carbons (Fsp3) is 0.632. The minimum absolute atomic E-state index is 0.00207. The van der Waals surface area contributed by atoms with Gasteiger partial charge in [0.2, 0.25) is 0 Å². The molecule has 0 spiro atoms. The van der Waals surface area contributed by atoms with E-state index in [1.807, 2.05) is 25.1 Å². The Bertz CT molecular complexity index is 611. The second-order valence-electron chi connectivity index (χ2n) is 7.10. The minimum atomic E-state index is -2.64. The summed E-state index contributed by atoms with van der Waals surface area (Å²) in [6, 6.07) is 9.52. The maximum absolute atomic E-state index is 11.8. The van der Waals surface area contributed by atoms with E-state index in [-0.39, 0.29) is 17.6 Å². The normalized spacial score (nSPS) is 20.4. The van der Waals surface area contributed by atoms with Gasteiger partial charge in [-0.3, -0.25) is 4.57 Å². The molecule has 138 valence electrons. The number of aliphatic hydroxyl groups is 1. The molecule has 0 radical (unpaired) electrons. The standard InChI is InChI=1S/C19H29N2O3P/c1-14(17-9-5-6-15(10-17)12-20)21-13-18(22)11-19(25(23)24)16-7-3-2-4-8-16/h5-6,9-10,14,16,18-19,21-22,25H,2-4,7-8,11,13H2,1H3,(H,23,24)/t14-,18+,19?/m1/s1. The third-order valence-corrected chi connectivity index (χ3v) is 6.58. The van der Waals surface area contributed by atoms with Gasteiger partial charge in [0.25, 0.3) is 0 Å². The Balaban J connectivity index is 1.86. The van der Waals surface area contributed by atoms with Gasteiger partial charge in [-0.1, -0.05) is 31.4 Å². The van der Waals surface area contributed by atoms with Gasteiger partial charge in [0.15, 0.2) is 8.03 Å². The molecule has 3 N–H and O–H groups in total. The molecular weight excluding hydrogens is 335 g/mol. The van der Waals surface area contributed by atoms with E-state index in [9.17, 15) is 14.6 Å². The Labute approximate surface area is 150 Å². The summed E-state index contributed by atoms with van der Waals surface area (Å²) in [6.07, 6.45) is 5.18. The van der Waals surface area contributed by atoms with E-state index in [4.69, 9.17) is 5.26 Å². The summed E-state index contributed by atoms with van der Waals surface area (Å²) in [7, 11) is -2.64. The van der Waals surface area contributed by atoms with Crippen molar-refractivity contribution < 1.29 is 14.6 Å². The van der Waals surface area contributed by atoms with Crippen LogP contribution in [0.25, 0.3) is 0 Å². The van der Waals surface area contributed by atoms with Crippen LogP contribution in [-0.4, -0.2) is 28.3 Å². The lowest BCUT2D eigenvalue weighted by Gasteiger charge is -2.30. The van der Waals surface area contributed by atoms with Crippen LogP contribution in [0.15, 0.2) is 24.3 Å². The lowest BCUT2D eigenvalue weighted by atomic mass is 9.85. The van der Waals surface area contributed by atoms with Gasteiger partial charge in [-0.2, -0.15) is 5.26 Å². The zero-order valence-corrected chi connectivity index (χ0v) is 15.8. The molecule has 2 unspecified atom stereocenters.